The maximum atomic E-state index is 13.9. The van der Waals surface area contributed by atoms with Gasteiger partial charge in [-0.25, -0.2) is 9.59 Å². The van der Waals surface area contributed by atoms with Crippen molar-refractivity contribution in [3.8, 4) is 11.5 Å². The van der Waals surface area contributed by atoms with E-state index in [1.165, 1.54) is 6.42 Å². The Bertz CT molecular complexity index is 1590. The van der Waals surface area contributed by atoms with Gasteiger partial charge in [-0.05, 0) is 81.8 Å². The molecule has 1 aliphatic carbocycles. The van der Waals surface area contributed by atoms with Gasteiger partial charge in [-0.3, -0.25) is 9.59 Å². The van der Waals surface area contributed by atoms with Crippen molar-refractivity contribution in [3.63, 3.8) is 0 Å². The molecule has 2 aromatic rings. The summed E-state index contributed by atoms with van der Waals surface area (Å²) in [6, 6.07) is 11.1. The van der Waals surface area contributed by atoms with Crippen molar-refractivity contribution in [2.24, 2.45) is 0 Å². The number of likely N-dealkylation sites (tertiary alicyclic amines) is 1. The molecular weight excluding hydrogens is 650 g/mol. The van der Waals surface area contributed by atoms with Crippen LogP contribution >= 0.6 is 0 Å². The molecule has 3 heterocycles. The van der Waals surface area contributed by atoms with Crippen LogP contribution in [0.1, 0.15) is 97.1 Å². The minimum atomic E-state index is -0.555. The maximum Gasteiger partial charge on any atom is 0.415 e. The van der Waals surface area contributed by atoms with Crippen LogP contribution in [0.4, 0.5) is 9.59 Å². The summed E-state index contributed by atoms with van der Waals surface area (Å²) in [7, 11) is 0. The first-order chi connectivity index (χ1) is 24.5. The molecule has 276 valence electrons. The molecule has 2 aromatic carbocycles. The van der Waals surface area contributed by atoms with Gasteiger partial charge >= 0.3 is 12.2 Å². The molecule has 4 amide bonds. The average Bonchev–Trinajstić information content (AvgIpc) is 3.61. The van der Waals surface area contributed by atoms with Gasteiger partial charge in [-0.15, -0.1) is 0 Å². The van der Waals surface area contributed by atoms with E-state index in [1.807, 2.05) is 56.9 Å². The van der Waals surface area contributed by atoms with E-state index in [9.17, 15) is 19.2 Å². The van der Waals surface area contributed by atoms with E-state index in [0.29, 0.717) is 88.1 Å². The second-order valence-corrected chi connectivity index (χ2v) is 15.2. The smallest absolute Gasteiger partial charge is 0.415 e. The Morgan fingerprint density at radius 1 is 0.745 bits per heavy atom. The van der Waals surface area contributed by atoms with Crippen molar-refractivity contribution in [2.45, 2.75) is 83.8 Å². The summed E-state index contributed by atoms with van der Waals surface area (Å²) in [5, 5.41) is 3.22. The number of piperazine rings is 2. The number of para-hydroxylation sites is 1. The summed E-state index contributed by atoms with van der Waals surface area (Å²) in [5.74, 6) is 1.10. The van der Waals surface area contributed by atoms with Gasteiger partial charge in [0.1, 0.15) is 23.2 Å². The molecule has 4 aliphatic rings. The number of benzene rings is 2. The predicted molar refractivity (Wildman–Crippen MR) is 193 cm³/mol. The van der Waals surface area contributed by atoms with Gasteiger partial charge in [0.2, 0.25) is 0 Å². The van der Waals surface area contributed by atoms with Crippen LogP contribution in [0.2, 0.25) is 0 Å². The van der Waals surface area contributed by atoms with E-state index in [1.54, 1.807) is 26.8 Å². The Balaban J connectivity index is 1.10. The van der Waals surface area contributed by atoms with Gasteiger partial charge in [0.15, 0.2) is 0 Å². The first kappa shape index (κ1) is 36.5. The van der Waals surface area contributed by atoms with Crippen LogP contribution in [-0.4, -0.2) is 121 Å². The molecule has 0 radical (unpaired) electrons. The number of carbonyl (C=O) groups is 4. The zero-order valence-electron chi connectivity index (χ0n) is 30.6. The third-order valence-corrected chi connectivity index (χ3v) is 10.3. The first-order valence-electron chi connectivity index (χ1n) is 18.6. The topological polar surface area (TPSA) is 121 Å². The van der Waals surface area contributed by atoms with Gasteiger partial charge in [-0.2, -0.15) is 0 Å². The molecule has 51 heavy (non-hydrogen) atoms. The Kier molecular flexibility index (Phi) is 11.4. The summed E-state index contributed by atoms with van der Waals surface area (Å²) < 4.78 is 17.9. The van der Waals surface area contributed by atoms with Crippen LogP contribution in [0.25, 0.3) is 0 Å². The first-order valence-corrected chi connectivity index (χ1v) is 18.6. The van der Waals surface area contributed by atoms with Crippen molar-refractivity contribution < 1.29 is 33.4 Å². The molecule has 4 fully saturated rings. The number of carbonyl (C=O) groups excluding carboxylic acids is 4. The van der Waals surface area contributed by atoms with Crippen molar-refractivity contribution in [3.05, 3.63) is 58.7 Å². The number of aryl methyl sites for hydroxylation is 1. The fourth-order valence-electron chi connectivity index (χ4n) is 7.44. The van der Waals surface area contributed by atoms with E-state index in [2.05, 4.69) is 5.32 Å². The second kappa shape index (κ2) is 15.9. The van der Waals surface area contributed by atoms with Gasteiger partial charge < -0.3 is 39.1 Å². The second-order valence-electron chi connectivity index (χ2n) is 15.2. The molecule has 3 aliphatic heterocycles. The standard InChI is InChI=1S/C39H53N5O7/c1-27-9-8-12-31(34(27)50-37(47)43-19-16-40-17-20-43)36(46)42-23-21-41(22-24-42)35(45)29-13-14-33(32(25-29)28-10-6-5-7-11-28)49-30-15-18-44(26-30)38(48)51-39(2,3)4/h8-9,12-14,25,28,30,40H,5-7,10-11,15-24,26H2,1-4H3/t30-/m0/s1. The van der Waals surface area contributed by atoms with E-state index in [4.69, 9.17) is 14.2 Å². The lowest BCUT2D eigenvalue weighted by molar-refractivity contribution is 0.0275. The fourth-order valence-corrected chi connectivity index (χ4v) is 7.44. The van der Waals surface area contributed by atoms with Crippen LogP contribution in [0.5, 0.6) is 11.5 Å². The highest BCUT2D eigenvalue weighted by Crippen LogP contribution is 2.39. The van der Waals surface area contributed by atoms with E-state index in [-0.39, 0.29) is 29.8 Å². The molecule has 1 atom stereocenters. The quantitative estimate of drug-likeness (QED) is 0.423. The van der Waals surface area contributed by atoms with Crippen molar-refractivity contribution >= 4 is 24.0 Å². The molecule has 0 spiro atoms. The fraction of sp³-hybridized carbons (Fsp3) is 0.590. The maximum absolute atomic E-state index is 13.9. The summed E-state index contributed by atoms with van der Waals surface area (Å²) in [5.41, 5.74) is 2.19. The molecule has 6 rings (SSSR count). The highest BCUT2D eigenvalue weighted by Gasteiger charge is 2.33. The molecular formula is C39H53N5O7. The van der Waals surface area contributed by atoms with Crippen molar-refractivity contribution in [2.75, 3.05) is 65.4 Å². The Morgan fingerprint density at radius 3 is 2.12 bits per heavy atom. The van der Waals surface area contributed by atoms with Gasteiger partial charge in [0.25, 0.3) is 11.8 Å². The van der Waals surface area contributed by atoms with Crippen molar-refractivity contribution in [1.82, 2.24) is 24.9 Å². The molecule has 12 heteroatoms. The largest absolute Gasteiger partial charge is 0.488 e. The van der Waals surface area contributed by atoms with Crippen LogP contribution in [0, 0.1) is 6.92 Å². The SMILES string of the molecule is Cc1cccc(C(=O)N2CCN(C(=O)c3ccc(O[C@H]4CCN(C(=O)OC(C)(C)C)C4)c(C4CCCCC4)c3)CC2)c1OC(=O)N1CCNCC1. The molecule has 0 unspecified atom stereocenters. The Morgan fingerprint density at radius 2 is 1.43 bits per heavy atom. The third kappa shape index (κ3) is 8.95. The summed E-state index contributed by atoms with van der Waals surface area (Å²) in [4.78, 5) is 60.1. The Hall–Kier alpha value is -4.32. The van der Waals surface area contributed by atoms with Gasteiger partial charge in [-0.1, -0.05) is 31.4 Å². The van der Waals surface area contributed by atoms with Gasteiger partial charge in [0.05, 0.1) is 12.1 Å². The number of hydrogen-bond donors (Lipinski definition) is 1. The molecule has 0 bridgehead atoms. The predicted octanol–water partition coefficient (Wildman–Crippen LogP) is 5.43. The summed E-state index contributed by atoms with van der Waals surface area (Å²) in [6.07, 6.45) is 5.40. The van der Waals surface area contributed by atoms with Crippen LogP contribution < -0.4 is 14.8 Å². The highest BCUT2D eigenvalue weighted by atomic mass is 16.6. The molecule has 3 saturated heterocycles. The number of ether oxygens (including phenoxy) is 3. The minimum Gasteiger partial charge on any atom is -0.488 e. The third-order valence-electron chi connectivity index (χ3n) is 10.3. The molecule has 0 aromatic heterocycles. The number of nitrogens with one attached hydrogen (secondary N) is 1. The summed E-state index contributed by atoms with van der Waals surface area (Å²) >= 11 is 0. The number of rotatable bonds is 6. The molecule has 12 nitrogen and oxygen atoms in total. The van der Waals surface area contributed by atoms with Crippen molar-refractivity contribution in [1.29, 1.82) is 0 Å². The van der Waals surface area contributed by atoms with Crippen LogP contribution in [0.15, 0.2) is 36.4 Å². The van der Waals surface area contributed by atoms with Crippen LogP contribution in [0.3, 0.4) is 0 Å². The average molecular weight is 704 g/mol. The van der Waals surface area contributed by atoms with Gasteiger partial charge in [0, 0.05) is 70.9 Å². The van der Waals surface area contributed by atoms with Crippen LogP contribution in [-0.2, 0) is 4.74 Å². The zero-order valence-corrected chi connectivity index (χ0v) is 30.6. The Labute approximate surface area is 301 Å². The number of hydrogen-bond acceptors (Lipinski definition) is 8. The summed E-state index contributed by atoms with van der Waals surface area (Å²) in [6.45, 7) is 12.5. The lowest BCUT2D eigenvalue weighted by Gasteiger charge is -2.35. The minimum absolute atomic E-state index is 0.0659. The molecule has 1 N–H and O–H groups in total. The number of amides is 4. The lowest BCUT2D eigenvalue weighted by atomic mass is 9.83. The number of nitrogens with zero attached hydrogens (tertiary/aromatic N) is 4. The monoisotopic (exact) mass is 703 g/mol. The zero-order chi connectivity index (χ0) is 36.1. The molecule has 1 saturated carbocycles. The lowest BCUT2D eigenvalue weighted by Crippen LogP contribution is -2.50. The highest BCUT2D eigenvalue weighted by molar-refractivity contribution is 5.99. The van der Waals surface area contributed by atoms with E-state index in [0.717, 1.165) is 43.4 Å². The van der Waals surface area contributed by atoms with E-state index >= 15 is 0 Å². The normalized spacial score (nSPS) is 20.3. The van der Waals surface area contributed by atoms with E-state index < -0.39 is 11.7 Å².